The molecule has 0 fully saturated rings. The number of ether oxygens (including phenoxy) is 5. The maximum Gasteiger partial charge on any atom is 0.375 e. The predicted molar refractivity (Wildman–Crippen MR) is 389 cm³/mol. The minimum absolute atomic E-state index is 0. The molecule has 0 saturated carbocycles. The Morgan fingerprint density at radius 2 is 0.650 bits per heavy atom. The molecular formula is C68H86O27P2S6-2. The van der Waals surface area contributed by atoms with Crippen molar-refractivity contribution in [2.45, 2.75) is 119 Å². The van der Waals surface area contributed by atoms with E-state index in [0.29, 0.717) is 9.79 Å². The average Bonchev–Trinajstić information content (AvgIpc) is 0.852. The van der Waals surface area contributed by atoms with Crippen LogP contribution in [0.3, 0.4) is 0 Å². The van der Waals surface area contributed by atoms with Crippen molar-refractivity contribution in [1.29, 1.82) is 0 Å². The number of carbonyl (C=O) groups is 7. The Hall–Kier alpha value is -8.07. The molecule has 27 nitrogen and oxygen atoms in total. The number of sulfone groups is 1. The lowest BCUT2D eigenvalue weighted by Crippen LogP contribution is -2.30. The van der Waals surface area contributed by atoms with Gasteiger partial charge in [-0.15, -0.1) is 18.5 Å². The molecular weight excluding hydrogens is 1500 g/mol. The number of hydrogen-bond acceptors (Lipinski definition) is 27. The minimum atomic E-state index is -4.04. The number of benzene rings is 6. The van der Waals surface area contributed by atoms with Gasteiger partial charge in [0.15, 0.2) is 15.9 Å². The van der Waals surface area contributed by atoms with Crippen molar-refractivity contribution in [2.75, 3.05) is 51.1 Å². The van der Waals surface area contributed by atoms with E-state index >= 15 is 0 Å². The van der Waals surface area contributed by atoms with E-state index in [1.54, 1.807) is 132 Å². The van der Waals surface area contributed by atoms with Crippen LogP contribution in [0.2, 0.25) is 0 Å². The van der Waals surface area contributed by atoms with Crippen LogP contribution < -0.4 is 0 Å². The predicted octanol–water partition coefficient (Wildman–Crippen LogP) is 9.06. The molecule has 6 aromatic rings. The summed E-state index contributed by atoms with van der Waals surface area (Å²) in [7, 11) is -11.4. The van der Waals surface area contributed by atoms with E-state index in [1.807, 2.05) is 41.5 Å². The van der Waals surface area contributed by atoms with E-state index < -0.39 is 127 Å². The van der Waals surface area contributed by atoms with Gasteiger partial charge in [-0.3, -0.25) is 22.2 Å². The smallest absolute Gasteiger partial charge is 0.375 e. The largest absolute Gasteiger partial charge is 0.768 e. The summed E-state index contributed by atoms with van der Waals surface area (Å²) in [4.78, 5) is 77.7. The molecule has 6 rings (SSSR count). The Morgan fingerprint density at radius 1 is 0.398 bits per heavy atom. The van der Waals surface area contributed by atoms with E-state index in [4.69, 9.17) is 8.92 Å². The van der Waals surface area contributed by atoms with Crippen LogP contribution in [0.15, 0.2) is 200 Å². The first-order chi connectivity index (χ1) is 47.6. The highest BCUT2D eigenvalue weighted by atomic mass is 32.2. The maximum absolute atomic E-state index is 12.0. The van der Waals surface area contributed by atoms with Crippen molar-refractivity contribution in [3.05, 3.63) is 204 Å². The lowest BCUT2D eigenvalue weighted by atomic mass is 10.2. The molecule has 568 valence electrons. The summed E-state index contributed by atoms with van der Waals surface area (Å²) >= 11 is -4.17. The van der Waals surface area contributed by atoms with Crippen molar-refractivity contribution in [3.63, 3.8) is 0 Å². The first-order valence-corrected chi connectivity index (χ1v) is 39.6. The first-order valence-electron chi connectivity index (χ1n) is 29.9. The number of hydrogen-bond donors (Lipinski definition) is 0. The fourth-order valence-electron chi connectivity index (χ4n) is 6.45. The van der Waals surface area contributed by atoms with Gasteiger partial charge in [-0.1, -0.05) is 114 Å². The average molecular weight is 1590 g/mol. The number of Topliss-reactive ketones (excluding diaryl/α,β-unsaturated/α-hetero) is 2. The molecule has 0 spiro atoms. The molecule has 6 aromatic carbocycles. The van der Waals surface area contributed by atoms with Gasteiger partial charge in [0.05, 0.1) is 42.8 Å². The van der Waals surface area contributed by atoms with Gasteiger partial charge < -0.3 is 41.2 Å². The summed E-state index contributed by atoms with van der Waals surface area (Å²) in [6, 6.07) is 37.8. The van der Waals surface area contributed by atoms with Crippen LogP contribution in [0.5, 0.6) is 0 Å². The van der Waals surface area contributed by atoms with E-state index in [-0.39, 0.29) is 72.4 Å². The summed E-state index contributed by atoms with van der Waals surface area (Å²) in [5.74, 6) is -7.88. The Labute approximate surface area is 613 Å². The summed E-state index contributed by atoms with van der Waals surface area (Å²) in [5.41, 5.74) is 5.80. The summed E-state index contributed by atoms with van der Waals surface area (Å²) < 4.78 is 173. The van der Waals surface area contributed by atoms with Crippen LogP contribution in [-0.2, 0) is 132 Å². The quantitative estimate of drug-likeness (QED) is 0.00713. The SMILES string of the molecule is C.C=C(OS(=O)(=O)c1ccc(C)cc1)C(=O)OCC.C=C(OS(=O)(=O)c1ccc(C)cc1)C(=O)OCC.CCOC(=O)C(=O)CP.CCOC(=O)C(=O)CS(=O)(=O)c1ccc(C)cc1.CCOC(=O)C(CP)OS(=O)(=O)c1ccc(C)cc1.Cc1ccc(S(=O)[O-])cc1.Cc1ccc(S(=O)[O-])cc1. The molecule has 103 heavy (non-hydrogen) atoms. The van der Waals surface area contributed by atoms with E-state index in [0.717, 1.165) is 33.4 Å². The van der Waals surface area contributed by atoms with Gasteiger partial charge in [-0.05, 0) is 184 Å². The Balaban J connectivity index is 0. The van der Waals surface area contributed by atoms with Crippen molar-refractivity contribution in [2.24, 2.45) is 0 Å². The van der Waals surface area contributed by atoms with Crippen molar-refractivity contribution in [3.8, 4) is 0 Å². The maximum atomic E-state index is 12.0. The van der Waals surface area contributed by atoms with Gasteiger partial charge in [0.1, 0.15) is 15.5 Å². The van der Waals surface area contributed by atoms with Gasteiger partial charge in [-0.25, -0.2) is 32.4 Å². The summed E-state index contributed by atoms with van der Waals surface area (Å²) in [6.45, 7) is 26.3. The molecule has 0 aliphatic heterocycles. The number of rotatable bonds is 26. The normalized spacial score (nSPS) is 11.4. The molecule has 0 heterocycles. The van der Waals surface area contributed by atoms with E-state index in [9.17, 15) is 84.8 Å². The second-order valence-electron chi connectivity index (χ2n) is 20.0. The molecule has 0 bridgehead atoms. The molecule has 0 aromatic heterocycles. The van der Waals surface area contributed by atoms with Crippen LogP contribution >= 0.6 is 18.5 Å². The fraction of sp³-hybridized carbons (Fsp3) is 0.309. The molecule has 0 N–H and O–H groups in total. The molecule has 0 aliphatic rings. The van der Waals surface area contributed by atoms with Crippen molar-refractivity contribution < 1.29 is 121 Å². The van der Waals surface area contributed by atoms with Gasteiger partial charge in [0.2, 0.25) is 17.3 Å². The first kappa shape index (κ1) is 97.0. The van der Waals surface area contributed by atoms with Crippen LogP contribution in [0.1, 0.15) is 75.4 Å². The van der Waals surface area contributed by atoms with Crippen LogP contribution in [-0.4, -0.2) is 150 Å². The fourth-order valence-corrected chi connectivity index (χ4v) is 11.8. The van der Waals surface area contributed by atoms with Gasteiger partial charge in [0, 0.05) is 22.1 Å². The molecule has 0 amide bonds. The lowest BCUT2D eigenvalue weighted by molar-refractivity contribution is -0.152. The third-order valence-corrected chi connectivity index (χ3v) is 19.3. The van der Waals surface area contributed by atoms with Gasteiger partial charge in [-0.2, -0.15) is 25.3 Å². The van der Waals surface area contributed by atoms with Crippen LogP contribution in [0.25, 0.3) is 0 Å². The summed E-state index contributed by atoms with van der Waals surface area (Å²) in [5, 5.41) is 0. The Morgan fingerprint density at radius 3 is 0.913 bits per heavy atom. The minimum Gasteiger partial charge on any atom is -0.768 e. The van der Waals surface area contributed by atoms with Gasteiger partial charge in [0.25, 0.3) is 15.9 Å². The molecule has 0 saturated heterocycles. The highest BCUT2D eigenvalue weighted by Gasteiger charge is 2.28. The molecule has 0 radical (unpaired) electrons. The Bertz CT molecular complexity index is 3950. The third-order valence-electron chi connectivity index (χ3n) is 11.7. The topological polar surface area (TPSA) is 410 Å². The van der Waals surface area contributed by atoms with Crippen LogP contribution in [0.4, 0.5) is 0 Å². The number of esters is 5. The second-order valence-corrected chi connectivity index (χ2v) is 29.4. The van der Waals surface area contributed by atoms with Crippen molar-refractivity contribution >= 4 is 122 Å². The van der Waals surface area contributed by atoms with E-state index in [1.165, 1.54) is 48.5 Å². The highest BCUT2D eigenvalue weighted by molar-refractivity contribution is 7.92. The zero-order valence-corrected chi connectivity index (χ0v) is 64.8. The molecule has 0 aliphatic carbocycles. The second kappa shape index (κ2) is 49.6. The third kappa shape index (κ3) is 38.9. The Kier molecular flexibility index (Phi) is 46.7. The standard InChI is InChI=1S/C12H17O5PS.3C12H14O5S.2C7H8O2S.C5H9O3P.CH4/c1-3-16-12(13)11(8-18)17-19(14,15)10-6-4-9(2)5-7-10;2*1-4-16-12(13)10(3)17-18(14,15)11-7-5-9(2)6-8-11;1-3-17-12(14)11(13)8-18(15,16)10-6-4-9(2)5-7-10;2*1-6-2-4-7(5-3-6)10(8)9;1-2-8-5(7)4(6)3-9;/h4-7,11H,3,8,18H2,1-2H3;2*5-8H,3-4H2,1-2H3;4-7H,3,8H2,1-2H3;2*2-5H,1H3,(H,8,9);2-3,9H2,1H3;1H4/p-2. The molecule has 5 atom stereocenters. The highest BCUT2D eigenvalue weighted by Crippen LogP contribution is 2.20. The monoisotopic (exact) mass is 1590 g/mol. The summed E-state index contributed by atoms with van der Waals surface area (Å²) in [6.07, 6.45) is -0.862. The zero-order chi connectivity index (χ0) is 78.1. The lowest BCUT2D eigenvalue weighted by Gasteiger charge is -2.14. The zero-order valence-electron chi connectivity index (χ0n) is 57.6. The van der Waals surface area contributed by atoms with Crippen molar-refractivity contribution in [1.82, 2.24) is 0 Å². The number of carbonyl (C=O) groups excluding carboxylic acids is 7. The molecule has 5 unspecified atom stereocenters. The van der Waals surface area contributed by atoms with Gasteiger partial charge >= 0.3 is 50.1 Å². The number of aryl methyl sites for hydroxylation is 6. The van der Waals surface area contributed by atoms with E-state index in [2.05, 4.69) is 59.0 Å². The molecule has 35 heteroatoms. The van der Waals surface area contributed by atoms with Crippen LogP contribution in [0, 0.1) is 41.5 Å². The number of ketones is 2.